The first-order chi connectivity index (χ1) is 13.2. The van der Waals surface area contributed by atoms with Crippen LogP contribution in [0.25, 0.3) is 0 Å². The number of aliphatic hydroxyl groups is 1. The van der Waals surface area contributed by atoms with E-state index in [4.69, 9.17) is 4.74 Å². The van der Waals surface area contributed by atoms with Gasteiger partial charge in [0.2, 0.25) is 5.91 Å². The monoisotopic (exact) mass is 365 g/mol. The molecule has 4 heteroatoms. The fraction of sp³-hybridized carbons (Fsp3) is 0.435. The van der Waals surface area contributed by atoms with Crippen molar-refractivity contribution in [3.05, 3.63) is 71.8 Å². The summed E-state index contributed by atoms with van der Waals surface area (Å²) >= 11 is 0. The van der Waals surface area contributed by atoms with Crippen LogP contribution in [0.1, 0.15) is 29.9 Å². The van der Waals surface area contributed by atoms with Crippen LogP contribution in [0, 0.1) is 11.3 Å². The van der Waals surface area contributed by atoms with Crippen molar-refractivity contribution < 1.29 is 14.6 Å². The molecule has 2 aliphatic heterocycles. The third-order valence-electron chi connectivity index (χ3n) is 6.33. The van der Waals surface area contributed by atoms with Crippen LogP contribution in [0.5, 0.6) is 0 Å². The van der Waals surface area contributed by atoms with E-state index in [1.165, 1.54) is 0 Å². The summed E-state index contributed by atoms with van der Waals surface area (Å²) in [6.07, 6.45) is 1.28. The highest BCUT2D eigenvalue weighted by atomic mass is 16.5. The number of likely N-dealkylation sites (tertiary alicyclic amines) is 1. The van der Waals surface area contributed by atoms with E-state index < -0.39 is 0 Å². The summed E-state index contributed by atoms with van der Waals surface area (Å²) in [4.78, 5) is 15.2. The highest BCUT2D eigenvalue weighted by Gasteiger charge is 2.49. The second-order valence-corrected chi connectivity index (χ2v) is 7.89. The Morgan fingerprint density at radius 2 is 1.74 bits per heavy atom. The van der Waals surface area contributed by atoms with Gasteiger partial charge in [-0.05, 0) is 17.5 Å². The van der Waals surface area contributed by atoms with Gasteiger partial charge in [0.05, 0.1) is 13.2 Å². The smallest absolute Gasteiger partial charge is 0.223 e. The van der Waals surface area contributed by atoms with Gasteiger partial charge in [-0.1, -0.05) is 60.7 Å². The molecule has 4 nitrogen and oxygen atoms in total. The molecule has 4 rings (SSSR count). The van der Waals surface area contributed by atoms with Gasteiger partial charge in [0.15, 0.2) is 0 Å². The van der Waals surface area contributed by atoms with Gasteiger partial charge < -0.3 is 14.7 Å². The standard InChI is InChI=1S/C23H27NO3/c25-17-23-11-12-27-15-20(23)14-24(16-23)22(26)13-21(18-7-3-1-4-8-18)19-9-5-2-6-10-19/h1-10,20-21,25H,11-17H2/t20-,23-/m1/s1. The van der Waals surface area contributed by atoms with E-state index >= 15 is 0 Å². The van der Waals surface area contributed by atoms with Crippen LogP contribution < -0.4 is 0 Å². The number of aliphatic hydroxyl groups excluding tert-OH is 1. The van der Waals surface area contributed by atoms with Crippen LogP contribution in [0.3, 0.4) is 0 Å². The van der Waals surface area contributed by atoms with Gasteiger partial charge in [-0.25, -0.2) is 0 Å². The fourth-order valence-corrected chi connectivity index (χ4v) is 4.60. The summed E-state index contributed by atoms with van der Waals surface area (Å²) in [6, 6.07) is 20.5. The zero-order valence-electron chi connectivity index (χ0n) is 15.6. The van der Waals surface area contributed by atoms with E-state index in [9.17, 15) is 9.90 Å². The van der Waals surface area contributed by atoms with Gasteiger partial charge in [-0.15, -0.1) is 0 Å². The van der Waals surface area contributed by atoms with Crippen molar-refractivity contribution in [2.75, 3.05) is 32.9 Å². The second-order valence-electron chi connectivity index (χ2n) is 7.89. The number of hydrogen-bond donors (Lipinski definition) is 1. The third-order valence-corrected chi connectivity index (χ3v) is 6.33. The number of benzene rings is 2. The quantitative estimate of drug-likeness (QED) is 0.886. The molecular formula is C23H27NO3. The van der Waals surface area contributed by atoms with E-state index in [1.807, 2.05) is 41.3 Å². The first-order valence-corrected chi connectivity index (χ1v) is 9.78. The molecule has 142 valence electrons. The lowest BCUT2D eigenvalue weighted by molar-refractivity contribution is -0.131. The molecule has 2 aromatic rings. The first-order valence-electron chi connectivity index (χ1n) is 9.78. The van der Waals surface area contributed by atoms with E-state index in [1.54, 1.807) is 0 Å². The summed E-state index contributed by atoms with van der Waals surface area (Å²) in [5.41, 5.74) is 2.14. The molecule has 0 bridgehead atoms. The summed E-state index contributed by atoms with van der Waals surface area (Å²) in [5.74, 6) is 0.450. The molecular weight excluding hydrogens is 338 g/mol. The van der Waals surface area contributed by atoms with Crippen LogP contribution in [0.4, 0.5) is 0 Å². The molecule has 0 saturated carbocycles. The molecule has 0 aromatic heterocycles. The lowest BCUT2D eigenvalue weighted by Gasteiger charge is -2.36. The normalized spacial score (nSPS) is 24.8. The van der Waals surface area contributed by atoms with Crippen molar-refractivity contribution in [3.8, 4) is 0 Å². The Kier molecular flexibility index (Phi) is 5.28. The molecule has 0 radical (unpaired) electrons. The number of ether oxygens (including phenoxy) is 1. The lowest BCUT2D eigenvalue weighted by atomic mass is 9.75. The van der Waals surface area contributed by atoms with Crippen LogP contribution in [0.2, 0.25) is 0 Å². The predicted molar refractivity (Wildman–Crippen MR) is 104 cm³/mol. The van der Waals surface area contributed by atoms with Gasteiger partial charge >= 0.3 is 0 Å². The van der Waals surface area contributed by atoms with Crippen LogP contribution in [-0.4, -0.2) is 48.8 Å². The molecule has 2 aliphatic rings. The molecule has 2 atom stereocenters. The molecule has 2 fully saturated rings. The van der Waals surface area contributed by atoms with Crippen molar-refractivity contribution in [2.24, 2.45) is 11.3 Å². The topological polar surface area (TPSA) is 49.8 Å². The zero-order valence-corrected chi connectivity index (χ0v) is 15.6. The number of carbonyl (C=O) groups is 1. The number of nitrogens with zero attached hydrogens (tertiary/aromatic N) is 1. The van der Waals surface area contributed by atoms with Gasteiger partial charge in [0.25, 0.3) is 0 Å². The second kappa shape index (κ2) is 7.83. The third kappa shape index (κ3) is 3.64. The predicted octanol–water partition coefficient (Wildman–Crippen LogP) is 3.07. The highest BCUT2D eigenvalue weighted by molar-refractivity contribution is 5.78. The maximum Gasteiger partial charge on any atom is 0.223 e. The molecule has 2 aromatic carbocycles. The molecule has 1 amide bonds. The van der Waals surface area contributed by atoms with E-state index in [2.05, 4.69) is 24.3 Å². The molecule has 1 N–H and O–H groups in total. The summed E-state index contributed by atoms with van der Waals surface area (Å²) in [5, 5.41) is 10.00. The molecule has 0 unspecified atom stereocenters. The zero-order chi connectivity index (χ0) is 18.7. The van der Waals surface area contributed by atoms with Crippen LogP contribution >= 0.6 is 0 Å². The number of carbonyl (C=O) groups excluding carboxylic acids is 1. The highest BCUT2D eigenvalue weighted by Crippen LogP contribution is 2.42. The molecule has 2 saturated heterocycles. The Balaban J connectivity index is 1.54. The minimum atomic E-state index is -0.178. The van der Waals surface area contributed by atoms with Gasteiger partial charge in [-0.3, -0.25) is 4.79 Å². The number of rotatable bonds is 5. The summed E-state index contributed by atoms with van der Waals surface area (Å²) in [7, 11) is 0. The van der Waals surface area contributed by atoms with E-state index in [0.29, 0.717) is 32.7 Å². The van der Waals surface area contributed by atoms with Crippen molar-refractivity contribution in [1.82, 2.24) is 4.90 Å². The molecule has 0 spiro atoms. The van der Waals surface area contributed by atoms with E-state index in [0.717, 1.165) is 17.5 Å². The Hall–Kier alpha value is -2.17. The largest absolute Gasteiger partial charge is 0.396 e. The maximum atomic E-state index is 13.2. The van der Waals surface area contributed by atoms with Gasteiger partial charge in [0.1, 0.15) is 0 Å². The Bertz CT molecular complexity index is 724. The van der Waals surface area contributed by atoms with Crippen LogP contribution in [0.15, 0.2) is 60.7 Å². The summed E-state index contributed by atoms with van der Waals surface area (Å²) < 4.78 is 5.61. The van der Waals surface area contributed by atoms with E-state index in [-0.39, 0.29) is 29.8 Å². The summed E-state index contributed by atoms with van der Waals surface area (Å²) in [6.45, 7) is 2.79. The average Bonchev–Trinajstić information content (AvgIpc) is 3.13. The SMILES string of the molecule is O=C(CC(c1ccccc1)c1ccccc1)N1C[C@@H]2COCC[C@]2(CO)C1. The van der Waals surface area contributed by atoms with Crippen LogP contribution in [-0.2, 0) is 9.53 Å². The molecule has 0 aliphatic carbocycles. The number of fused-ring (bicyclic) bond motifs is 1. The first kappa shape index (κ1) is 18.2. The Morgan fingerprint density at radius 3 is 2.30 bits per heavy atom. The number of amides is 1. The maximum absolute atomic E-state index is 13.2. The average molecular weight is 365 g/mol. The lowest BCUT2D eigenvalue weighted by Crippen LogP contribution is -2.41. The number of hydrogen-bond acceptors (Lipinski definition) is 3. The Labute approximate surface area is 160 Å². The van der Waals surface area contributed by atoms with Crippen molar-refractivity contribution in [3.63, 3.8) is 0 Å². The fourth-order valence-electron chi connectivity index (χ4n) is 4.60. The van der Waals surface area contributed by atoms with Crippen molar-refractivity contribution in [2.45, 2.75) is 18.8 Å². The van der Waals surface area contributed by atoms with Crippen molar-refractivity contribution in [1.29, 1.82) is 0 Å². The molecule has 27 heavy (non-hydrogen) atoms. The van der Waals surface area contributed by atoms with Gasteiger partial charge in [-0.2, -0.15) is 0 Å². The minimum Gasteiger partial charge on any atom is -0.396 e. The Morgan fingerprint density at radius 1 is 1.11 bits per heavy atom. The minimum absolute atomic E-state index is 0.0452. The van der Waals surface area contributed by atoms with Gasteiger partial charge in [0, 0.05) is 43.4 Å². The molecule has 2 heterocycles. The van der Waals surface area contributed by atoms with Crippen molar-refractivity contribution >= 4 is 5.91 Å².